The van der Waals surface area contributed by atoms with Crippen molar-refractivity contribution in [1.82, 2.24) is 5.32 Å². The number of halogens is 7. The predicted octanol–water partition coefficient (Wildman–Crippen LogP) is 2.12. The van der Waals surface area contributed by atoms with Crippen LogP contribution in [0.25, 0.3) is 0 Å². The van der Waals surface area contributed by atoms with Crippen molar-refractivity contribution in [3.05, 3.63) is 0 Å². The van der Waals surface area contributed by atoms with E-state index in [1.165, 1.54) is 0 Å². The van der Waals surface area contributed by atoms with Crippen molar-refractivity contribution >= 4 is 0 Å². The molecule has 0 aliphatic rings. The van der Waals surface area contributed by atoms with Gasteiger partial charge in [0.05, 0.1) is 34.2 Å². The monoisotopic (exact) mass is 285 g/mol. The minimum Gasteiger partial charge on any atom is -0.330 e. The minimum absolute atomic E-state index is 0.0903. The smallest absolute Gasteiger partial charge is 0.330 e. The molecule has 0 aromatic carbocycles. The highest BCUT2D eigenvalue weighted by atomic mass is 19.4. The first-order chi connectivity index (χ1) is 7.71. The first kappa shape index (κ1) is 17.4. The molecule has 110 valence electrons. The lowest BCUT2D eigenvalue weighted by Gasteiger charge is -2.29. The molecule has 0 aliphatic carbocycles. The minimum atomic E-state index is -6.27. The number of nitrogens with zero attached hydrogens (tertiary/aromatic N) is 1. The molecule has 0 rings (SSSR count). The summed E-state index contributed by atoms with van der Waals surface area (Å²) in [6.45, 7) is -1.50. The van der Waals surface area contributed by atoms with E-state index in [2.05, 4.69) is 0 Å². The summed E-state index contributed by atoms with van der Waals surface area (Å²) in [5.74, 6) is -11.2. The summed E-state index contributed by atoms with van der Waals surface area (Å²) in [5, 5.41) is 1.91. The summed E-state index contributed by atoms with van der Waals surface area (Å²) in [4.78, 5) is 0. The van der Waals surface area contributed by atoms with Gasteiger partial charge in [-0.15, -0.1) is 0 Å². The number of rotatable bonds is 6. The fraction of sp³-hybridized carbons (Fsp3) is 1.00. The molecule has 0 amide bonds. The van der Waals surface area contributed by atoms with Crippen LogP contribution in [0.5, 0.6) is 0 Å². The van der Waals surface area contributed by atoms with E-state index in [0.717, 1.165) is 0 Å². The number of likely N-dealkylation sites (N-methyl/N-ethyl adjacent to an activating group) is 1. The van der Waals surface area contributed by atoms with E-state index in [-0.39, 0.29) is 6.54 Å². The van der Waals surface area contributed by atoms with E-state index in [9.17, 15) is 30.7 Å². The van der Waals surface area contributed by atoms with E-state index >= 15 is 0 Å². The van der Waals surface area contributed by atoms with Crippen molar-refractivity contribution in [3.63, 3.8) is 0 Å². The lowest BCUT2D eigenvalue weighted by atomic mass is 10.1. The lowest BCUT2D eigenvalue weighted by Crippen LogP contribution is -2.57. The van der Waals surface area contributed by atoms with Crippen molar-refractivity contribution in [3.8, 4) is 0 Å². The zero-order valence-electron chi connectivity index (χ0n) is 10.2. The molecule has 2 nitrogen and oxygen atoms in total. The Bertz CT molecular complexity index is 267. The molecule has 0 aromatic rings. The number of quaternary nitrogens is 1. The van der Waals surface area contributed by atoms with Gasteiger partial charge in [0.25, 0.3) is 0 Å². The molecule has 0 unspecified atom stereocenters. The Kier molecular flexibility index (Phi) is 5.03. The van der Waals surface area contributed by atoms with Crippen LogP contribution in [0.2, 0.25) is 0 Å². The Morgan fingerprint density at radius 2 is 1.33 bits per heavy atom. The lowest BCUT2D eigenvalue weighted by molar-refractivity contribution is -0.869. The highest BCUT2D eigenvalue weighted by molar-refractivity contribution is 4.92. The van der Waals surface area contributed by atoms with Crippen LogP contribution >= 0.6 is 0 Å². The van der Waals surface area contributed by atoms with Crippen LogP contribution in [-0.4, -0.2) is 63.3 Å². The van der Waals surface area contributed by atoms with Gasteiger partial charge in [0.1, 0.15) is 0 Å². The molecule has 0 bridgehead atoms. The predicted molar refractivity (Wildman–Crippen MR) is 51.7 cm³/mol. The van der Waals surface area contributed by atoms with E-state index < -0.39 is 24.6 Å². The highest BCUT2D eigenvalue weighted by Crippen LogP contribution is 2.45. The number of hydrogen-bond donors (Lipinski definition) is 1. The van der Waals surface area contributed by atoms with Crippen LogP contribution < -0.4 is 5.32 Å². The van der Waals surface area contributed by atoms with Gasteiger partial charge in [-0.3, -0.25) is 0 Å². The topological polar surface area (TPSA) is 12.0 Å². The quantitative estimate of drug-likeness (QED) is 0.448. The molecule has 1 N–H and O–H groups in total. The Morgan fingerprint density at radius 1 is 0.889 bits per heavy atom. The molecule has 0 aromatic heterocycles. The highest BCUT2D eigenvalue weighted by Gasteiger charge is 2.72. The molecule has 9 heteroatoms. The number of hydrogen-bond acceptors (Lipinski definition) is 1. The molecule has 0 fully saturated rings. The first-order valence-electron chi connectivity index (χ1n) is 5.04. The number of alkyl halides is 7. The summed E-state index contributed by atoms with van der Waals surface area (Å²) < 4.78 is 86.1. The molecule has 0 saturated carbocycles. The average Bonchev–Trinajstić information content (AvgIpc) is 2.09. The third kappa shape index (κ3) is 4.60. The van der Waals surface area contributed by atoms with Crippen molar-refractivity contribution in [2.45, 2.75) is 18.0 Å². The van der Waals surface area contributed by atoms with Gasteiger partial charge in [0.15, 0.2) is 0 Å². The van der Waals surface area contributed by atoms with Crippen LogP contribution in [0.4, 0.5) is 30.7 Å². The third-order valence-electron chi connectivity index (χ3n) is 2.12. The molecule has 0 saturated heterocycles. The Hall–Kier alpha value is -0.570. The maximum Gasteiger partial charge on any atom is 0.459 e. The summed E-state index contributed by atoms with van der Waals surface area (Å²) in [6, 6.07) is 0. The number of nitrogens with one attached hydrogen (secondary N) is 1. The van der Waals surface area contributed by atoms with Crippen LogP contribution in [0.15, 0.2) is 0 Å². The zero-order chi connectivity index (χ0) is 14.8. The maximum absolute atomic E-state index is 12.8. The molecule has 0 aliphatic heterocycles. The molecule has 0 heterocycles. The molecule has 0 spiro atoms. The second-order valence-electron chi connectivity index (χ2n) is 4.97. The van der Waals surface area contributed by atoms with Gasteiger partial charge in [0, 0.05) is 6.54 Å². The summed E-state index contributed by atoms with van der Waals surface area (Å²) in [7, 11) is 5.18. The molecular formula is C9H16F7N2+. The molecule has 18 heavy (non-hydrogen) atoms. The fourth-order valence-electron chi connectivity index (χ4n) is 0.978. The third-order valence-corrected chi connectivity index (χ3v) is 2.12. The Morgan fingerprint density at radius 3 is 1.67 bits per heavy atom. The van der Waals surface area contributed by atoms with E-state index in [1.54, 1.807) is 21.1 Å². The van der Waals surface area contributed by atoms with Gasteiger partial charge in [0.2, 0.25) is 0 Å². The van der Waals surface area contributed by atoms with E-state index in [0.29, 0.717) is 11.0 Å². The van der Waals surface area contributed by atoms with Gasteiger partial charge in [-0.05, 0) is 0 Å². The second kappa shape index (κ2) is 5.20. The summed E-state index contributed by atoms with van der Waals surface area (Å²) >= 11 is 0. The van der Waals surface area contributed by atoms with Gasteiger partial charge < -0.3 is 9.80 Å². The summed E-state index contributed by atoms with van der Waals surface area (Å²) in [6.07, 6.45) is -6.27. The van der Waals surface area contributed by atoms with Crippen molar-refractivity contribution in [1.29, 1.82) is 0 Å². The van der Waals surface area contributed by atoms with Crippen molar-refractivity contribution in [2.75, 3.05) is 40.8 Å². The van der Waals surface area contributed by atoms with Gasteiger partial charge in [-0.25, -0.2) is 0 Å². The largest absolute Gasteiger partial charge is 0.459 e. The second-order valence-corrected chi connectivity index (χ2v) is 4.97. The van der Waals surface area contributed by atoms with Gasteiger partial charge >= 0.3 is 18.0 Å². The Balaban J connectivity index is 4.41. The standard InChI is InChI=1S/C9H16F7N2/c1-18(2,3)5-4-17-6-7(10,11)8(12,13)9(14,15)16/h17H,4-6H2,1-3H3/q+1. The van der Waals surface area contributed by atoms with Crippen LogP contribution in [0.3, 0.4) is 0 Å². The molecular weight excluding hydrogens is 269 g/mol. The van der Waals surface area contributed by atoms with Crippen LogP contribution in [0.1, 0.15) is 0 Å². The fourth-order valence-corrected chi connectivity index (χ4v) is 0.978. The Labute approximate surface area is 100 Å². The van der Waals surface area contributed by atoms with Crippen LogP contribution in [-0.2, 0) is 0 Å². The zero-order valence-corrected chi connectivity index (χ0v) is 10.2. The molecule has 0 atom stereocenters. The normalized spacial score (nSPS) is 15.0. The van der Waals surface area contributed by atoms with Crippen molar-refractivity contribution in [2.24, 2.45) is 0 Å². The van der Waals surface area contributed by atoms with Crippen molar-refractivity contribution < 1.29 is 35.2 Å². The van der Waals surface area contributed by atoms with Gasteiger partial charge in [-0.2, -0.15) is 30.7 Å². The van der Waals surface area contributed by atoms with Gasteiger partial charge in [-0.1, -0.05) is 0 Å². The van der Waals surface area contributed by atoms with Crippen LogP contribution in [0, 0.1) is 0 Å². The summed E-state index contributed by atoms with van der Waals surface area (Å²) in [5.41, 5.74) is 0. The average molecular weight is 285 g/mol. The molecule has 0 radical (unpaired) electrons. The van der Waals surface area contributed by atoms with E-state index in [1.807, 2.05) is 5.32 Å². The van der Waals surface area contributed by atoms with E-state index in [4.69, 9.17) is 0 Å². The SMILES string of the molecule is C[N+](C)(C)CCNCC(F)(F)C(F)(F)C(F)(F)F. The maximum atomic E-state index is 12.8. The first-order valence-corrected chi connectivity index (χ1v) is 5.04.